The van der Waals surface area contributed by atoms with E-state index in [9.17, 15) is 0 Å². The van der Waals surface area contributed by atoms with Crippen molar-refractivity contribution in [3.8, 4) is 11.5 Å². The Balaban J connectivity index is 0.000000180. The number of hydrogen-bond acceptors (Lipinski definition) is 4. The van der Waals surface area contributed by atoms with Gasteiger partial charge in [-0.05, 0) is 43.2 Å². The highest BCUT2D eigenvalue weighted by Gasteiger charge is 1.96. The van der Waals surface area contributed by atoms with Crippen LogP contribution in [0.25, 0.3) is 0 Å². The SMILES string of the molecule is Cc1ccc(N)c(O)c1.Cc1cccc(N)c1O. The molecule has 0 unspecified atom stereocenters. The molecule has 4 nitrogen and oxygen atoms in total. The van der Waals surface area contributed by atoms with E-state index in [1.807, 2.05) is 32.0 Å². The van der Waals surface area contributed by atoms with Gasteiger partial charge in [0.25, 0.3) is 0 Å². The first-order chi connectivity index (χ1) is 8.41. The van der Waals surface area contributed by atoms with Crippen molar-refractivity contribution in [2.75, 3.05) is 11.5 Å². The number of nitrogen functional groups attached to an aromatic ring is 2. The summed E-state index contributed by atoms with van der Waals surface area (Å²) < 4.78 is 0. The summed E-state index contributed by atoms with van der Waals surface area (Å²) in [5.74, 6) is 0.354. The van der Waals surface area contributed by atoms with Gasteiger partial charge in [-0.15, -0.1) is 0 Å². The van der Waals surface area contributed by atoms with E-state index >= 15 is 0 Å². The van der Waals surface area contributed by atoms with Crippen LogP contribution in [0.1, 0.15) is 11.1 Å². The van der Waals surface area contributed by atoms with Gasteiger partial charge in [0.2, 0.25) is 0 Å². The van der Waals surface area contributed by atoms with Crippen molar-refractivity contribution in [1.82, 2.24) is 0 Å². The van der Waals surface area contributed by atoms with Gasteiger partial charge in [-0.1, -0.05) is 18.2 Å². The van der Waals surface area contributed by atoms with Gasteiger partial charge in [0.15, 0.2) is 0 Å². The van der Waals surface area contributed by atoms with Crippen molar-refractivity contribution in [3.63, 3.8) is 0 Å². The first kappa shape index (κ1) is 13.7. The highest BCUT2D eigenvalue weighted by molar-refractivity contribution is 5.55. The van der Waals surface area contributed by atoms with E-state index in [1.54, 1.807) is 18.2 Å². The van der Waals surface area contributed by atoms with Gasteiger partial charge in [-0.25, -0.2) is 0 Å². The van der Waals surface area contributed by atoms with Crippen molar-refractivity contribution in [3.05, 3.63) is 47.5 Å². The molecule has 0 saturated heterocycles. The molecule has 0 heterocycles. The molecule has 0 fully saturated rings. The molecule has 2 aromatic rings. The van der Waals surface area contributed by atoms with Crippen LogP contribution in [-0.2, 0) is 0 Å². The minimum absolute atomic E-state index is 0.162. The summed E-state index contributed by atoms with van der Waals surface area (Å²) >= 11 is 0. The number of aromatic hydroxyl groups is 2. The molecule has 96 valence electrons. The summed E-state index contributed by atoms with van der Waals surface area (Å²) in [6.07, 6.45) is 0. The van der Waals surface area contributed by atoms with Crippen LogP contribution >= 0.6 is 0 Å². The number of nitrogens with two attached hydrogens (primary N) is 2. The lowest BCUT2D eigenvalue weighted by molar-refractivity contribution is 0.474. The number of para-hydroxylation sites is 1. The summed E-state index contributed by atoms with van der Waals surface area (Å²) in [6, 6.07) is 10.5. The van der Waals surface area contributed by atoms with Gasteiger partial charge in [0, 0.05) is 0 Å². The lowest BCUT2D eigenvalue weighted by atomic mass is 10.2. The second-order valence-corrected chi connectivity index (χ2v) is 4.08. The van der Waals surface area contributed by atoms with E-state index in [-0.39, 0.29) is 11.5 Å². The Bertz CT molecular complexity index is 519. The number of rotatable bonds is 0. The van der Waals surface area contributed by atoms with Gasteiger partial charge in [0.05, 0.1) is 11.4 Å². The summed E-state index contributed by atoms with van der Waals surface area (Å²) in [5.41, 5.74) is 13.4. The average Bonchev–Trinajstić information content (AvgIpc) is 2.32. The maximum absolute atomic E-state index is 9.08. The van der Waals surface area contributed by atoms with E-state index in [0.717, 1.165) is 11.1 Å². The normalized spacial score (nSPS) is 9.44. The van der Waals surface area contributed by atoms with Crippen LogP contribution in [0.3, 0.4) is 0 Å². The number of aryl methyl sites for hydroxylation is 2. The third-order valence-corrected chi connectivity index (χ3v) is 2.45. The molecule has 0 aliphatic heterocycles. The van der Waals surface area contributed by atoms with Crippen molar-refractivity contribution in [2.45, 2.75) is 13.8 Å². The van der Waals surface area contributed by atoms with E-state index < -0.39 is 0 Å². The van der Waals surface area contributed by atoms with Crippen LogP contribution < -0.4 is 11.5 Å². The molecule has 0 bridgehead atoms. The van der Waals surface area contributed by atoms with Crippen LogP contribution in [-0.4, -0.2) is 10.2 Å². The molecule has 2 rings (SSSR count). The molecule has 18 heavy (non-hydrogen) atoms. The van der Waals surface area contributed by atoms with Gasteiger partial charge in [-0.2, -0.15) is 0 Å². The zero-order chi connectivity index (χ0) is 13.7. The first-order valence-electron chi connectivity index (χ1n) is 5.51. The summed E-state index contributed by atoms with van der Waals surface area (Å²) in [7, 11) is 0. The number of phenols is 2. The van der Waals surface area contributed by atoms with Crippen molar-refractivity contribution < 1.29 is 10.2 Å². The van der Waals surface area contributed by atoms with Crippen LogP contribution in [0.15, 0.2) is 36.4 Å². The molecule has 6 N–H and O–H groups in total. The van der Waals surface area contributed by atoms with Crippen molar-refractivity contribution in [2.24, 2.45) is 0 Å². The lowest BCUT2D eigenvalue weighted by Crippen LogP contribution is -1.85. The lowest BCUT2D eigenvalue weighted by Gasteiger charge is -1.99. The molecule has 0 spiro atoms. The Morgan fingerprint density at radius 3 is 2.00 bits per heavy atom. The molecule has 0 aromatic heterocycles. The average molecular weight is 246 g/mol. The monoisotopic (exact) mass is 246 g/mol. The second kappa shape index (κ2) is 5.82. The quantitative estimate of drug-likeness (QED) is 0.424. The number of benzene rings is 2. The molecular formula is C14H18N2O2. The predicted octanol–water partition coefficient (Wildman–Crippen LogP) is 2.57. The molecule has 4 heteroatoms. The number of anilines is 2. The minimum atomic E-state index is 0.162. The maximum Gasteiger partial charge on any atom is 0.141 e. The van der Waals surface area contributed by atoms with Crippen LogP contribution in [0, 0.1) is 13.8 Å². The van der Waals surface area contributed by atoms with Gasteiger partial charge in [-0.3, -0.25) is 0 Å². The van der Waals surface area contributed by atoms with Gasteiger partial charge >= 0.3 is 0 Å². The standard InChI is InChI=1S/2C7H9NO/c1-5-2-3-6(8)7(9)4-5;1-5-3-2-4-6(8)7(5)9/h2*2-4,9H,8H2,1H3. The topological polar surface area (TPSA) is 92.5 Å². The summed E-state index contributed by atoms with van der Waals surface area (Å²) in [5, 5.41) is 18.1. The largest absolute Gasteiger partial charge is 0.506 e. The molecule has 0 aliphatic rings. The summed E-state index contributed by atoms with van der Waals surface area (Å²) in [4.78, 5) is 0. The zero-order valence-corrected chi connectivity index (χ0v) is 10.5. The fourth-order valence-electron chi connectivity index (χ4n) is 1.34. The fraction of sp³-hybridized carbons (Fsp3) is 0.143. The van der Waals surface area contributed by atoms with Gasteiger partial charge in [0.1, 0.15) is 11.5 Å². The zero-order valence-electron chi connectivity index (χ0n) is 10.5. The highest BCUT2D eigenvalue weighted by Crippen LogP contribution is 2.22. The second-order valence-electron chi connectivity index (χ2n) is 4.08. The van der Waals surface area contributed by atoms with E-state index in [4.69, 9.17) is 21.7 Å². The third kappa shape index (κ3) is 3.59. The van der Waals surface area contributed by atoms with E-state index in [2.05, 4.69) is 0 Å². The molecule has 0 amide bonds. The first-order valence-corrected chi connectivity index (χ1v) is 5.51. The molecule has 0 radical (unpaired) electrons. The van der Waals surface area contributed by atoms with Gasteiger partial charge < -0.3 is 21.7 Å². The van der Waals surface area contributed by atoms with Crippen molar-refractivity contribution in [1.29, 1.82) is 0 Å². The Morgan fingerprint density at radius 2 is 1.56 bits per heavy atom. The molecular weight excluding hydrogens is 228 g/mol. The Labute approximate surface area is 106 Å². The molecule has 0 saturated carbocycles. The summed E-state index contributed by atoms with van der Waals surface area (Å²) in [6.45, 7) is 3.71. The predicted molar refractivity (Wildman–Crippen MR) is 74.5 cm³/mol. The number of phenolic OH excluding ortho intramolecular Hbond substituents is 2. The van der Waals surface area contributed by atoms with Crippen LogP contribution in [0.2, 0.25) is 0 Å². The third-order valence-electron chi connectivity index (χ3n) is 2.45. The van der Waals surface area contributed by atoms with Crippen LogP contribution in [0.5, 0.6) is 11.5 Å². The smallest absolute Gasteiger partial charge is 0.141 e. The van der Waals surface area contributed by atoms with E-state index in [1.165, 1.54) is 0 Å². The Hall–Kier alpha value is -2.36. The minimum Gasteiger partial charge on any atom is -0.506 e. The molecule has 2 aromatic carbocycles. The Morgan fingerprint density at radius 1 is 0.889 bits per heavy atom. The molecule has 0 atom stereocenters. The maximum atomic E-state index is 9.08. The fourth-order valence-corrected chi connectivity index (χ4v) is 1.34. The van der Waals surface area contributed by atoms with Crippen molar-refractivity contribution >= 4 is 11.4 Å². The van der Waals surface area contributed by atoms with Crippen LogP contribution in [0.4, 0.5) is 11.4 Å². The Kier molecular flexibility index (Phi) is 4.43. The number of hydrogen-bond donors (Lipinski definition) is 4. The highest BCUT2D eigenvalue weighted by atomic mass is 16.3. The van der Waals surface area contributed by atoms with E-state index in [0.29, 0.717) is 11.4 Å². The molecule has 0 aliphatic carbocycles.